The van der Waals surface area contributed by atoms with Crippen LogP contribution in [0.4, 0.5) is 0 Å². The molecule has 0 bridgehead atoms. The molecule has 0 saturated carbocycles. The lowest BCUT2D eigenvalue weighted by Crippen LogP contribution is -2.33. The zero-order valence-electron chi connectivity index (χ0n) is 11.2. The Morgan fingerprint density at radius 3 is 2.06 bits per heavy atom. The van der Waals surface area contributed by atoms with E-state index in [-0.39, 0.29) is 5.41 Å². The zero-order chi connectivity index (χ0) is 12.7. The summed E-state index contributed by atoms with van der Waals surface area (Å²) in [5.41, 5.74) is 0.278. The molecule has 0 unspecified atom stereocenters. The second-order valence-electron chi connectivity index (χ2n) is 4.72. The van der Waals surface area contributed by atoms with Crippen LogP contribution in [0.3, 0.4) is 0 Å². The van der Waals surface area contributed by atoms with Crippen LogP contribution in [0.25, 0.3) is 0 Å². The standard InChI is InChI=1S/C12H27NO2S/c1-5-12(6-2,11-13-7-3)9-8-10-16(4,14)15/h13H,5-11H2,1-4H3. The summed E-state index contributed by atoms with van der Waals surface area (Å²) in [5, 5.41) is 3.39. The van der Waals surface area contributed by atoms with Gasteiger partial charge in [-0.25, -0.2) is 8.42 Å². The fourth-order valence-electron chi connectivity index (χ4n) is 2.04. The molecule has 0 fully saturated rings. The van der Waals surface area contributed by atoms with Crippen molar-refractivity contribution in [2.45, 2.75) is 46.5 Å². The molecule has 0 aromatic heterocycles. The smallest absolute Gasteiger partial charge is 0.147 e. The number of rotatable bonds is 9. The Morgan fingerprint density at radius 2 is 1.69 bits per heavy atom. The van der Waals surface area contributed by atoms with E-state index in [2.05, 4.69) is 26.1 Å². The number of hydrogen-bond donors (Lipinski definition) is 1. The van der Waals surface area contributed by atoms with Crippen LogP contribution >= 0.6 is 0 Å². The Morgan fingerprint density at radius 1 is 1.12 bits per heavy atom. The van der Waals surface area contributed by atoms with Crippen molar-refractivity contribution in [1.29, 1.82) is 0 Å². The van der Waals surface area contributed by atoms with E-state index in [1.165, 1.54) is 6.26 Å². The van der Waals surface area contributed by atoms with E-state index in [4.69, 9.17) is 0 Å². The van der Waals surface area contributed by atoms with Crippen LogP contribution in [0, 0.1) is 5.41 Å². The highest BCUT2D eigenvalue weighted by Crippen LogP contribution is 2.31. The zero-order valence-corrected chi connectivity index (χ0v) is 12.0. The molecule has 0 aliphatic rings. The molecular formula is C12H27NO2S. The average molecular weight is 249 g/mol. The maximum Gasteiger partial charge on any atom is 0.147 e. The molecule has 16 heavy (non-hydrogen) atoms. The van der Waals surface area contributed by atoms with Gasteiger partial charge in [0.15, 0.2) is 0 Å². The third-order valence-electron chi connectivity index (χ3n) is 3.47. The van der Waals surface area contributed by atoms with Gasteiger partial charge in [-0.15, -0.1) is 0 Å². The van der Waals surface area contributed by atoms with Crippen LogP contribution in [0.1, 0.15) is 46.5 Å². The Hall–Kier alpha value is -0.0900. The predicted octanol–water partition coefficient (Wildman–Crippen LogP) is 2.23. The lowest BCUT2D eigenvalue weighted by Gasteiger charge is -2.32. The van der Waals surface area contributed by atoms with Crippen molar-refractivity contribution in [1.82, 2.24) is 5.32 Å². The van der Waals surface area contributed by atoms with Crippen LogP contribution in [-0.4, -0.2) is 33.5 Å². The third-order valence-corrected chi connectivity index (χ3v) is 4.50. The summed E-state index contributed by atoms with van der Waals surface area (Å²) in [4.78, 5) is 0. The molecule has 0 aromatic carbocycles. The van der Waals surface area contributed by atoms with Gasteiger partial charge in [0, 0.05) is 18.6 Å². The summed E-state index contributed by atoms with van der Waals surface area (Å²) in [5.74, 6) is 0.320. The van der Waals surface area contributed by atoms with Crippen molar-refractivity contribution < 1.29 is 8.42 Å². The summed E-state index contributed by atoms with van der Waals surface area (Å²) < 4.78 is 22.2. The molecule has 0 amide bonds. The fraction of sp³-hybridized carbons (Fsp3) is 1.00. The minimum Gasteiger partial charge on any atom is -0.316 e. The first-order valence-electron chi connectivity index (χ1n) is 6.27. The van der Waals surface area contributed by atoms with E-state index in [0.717, 1.165) is 38.8 Å². The van der Waals surface area contributed by atoms with Gasteiger partial charge in [-0.1, -0.05) is 20.8 Å². The summed E-state index contributed by atoms with van der Waals surface area (Å²) in [6.07, 6.45) is 5.32. The molecule has 0 aliphatic carbocycles. The van der Waals surface area contributed by atoms with Gasteiger partial charge in [-0.3, -0.25) is 0 Å². The van der Waals surface area contributed by atoms with Crippen LogP contribution in [0.5, 0.6) is 0 Å². The van der Waals surface area contributed by atoms with E-state index < -0.39 is 9.84 Å². The Balaban J connectivity index is 4.21. The quantitative estimate of drug-likeness (QED) is 0.681. The molecule has 98 valence electrons. The minimum absolute atomic E-state index is 0.278. The van der Waals surface area contributed by atoms with Crippen LogP contribution in [0.2, 0.25) is 0 Å². The second-order valence-corrected chi connectivity index (χ2v) is 6.98. The van der Waals surface area contributed by atoms with Crippen LogP contribution in [0.15, 0.2) is 0 Å². The largest absolute Gasteiger partial charge is 0.316 e. The molecule has 0 heterocycles. The summed E-state index contributed by atoms with van der Waals surface area (Å²) in [6.45, 7) is 8.48. The van der Waals surface area contributed by atoms with Gasteiger partial charge in [0.1, 0.15) is 9.84 Å². The van der Waals surface area contributed by atoms with E-state index >= 15 is 0 Å². The molecule has 0 radical (unpaired) electrons. The van der Waals surface area contributed by atoms with Crippen molar-refractivity contribution in [3.05, 3.63) is 0 Å². The molecule has 0 saturated heterocycles. The summed E-state index contributed by atoms with van der Waals surface area (Å²) >= 11 is 0. The van der Waals surface area contributed by atoms with Gasteiger partial charge in [0.25, 0.3) is 0 Å². The first kappa shape index (κ1) is 15.9. The molecule has 0 aromatic rings. The van der Waals surface area contributed by atoms with Crippen molar-refractivity contribution >= 4 is 9.84 Å². The topological polar surface area (TPSA) is 46.2 Å². The van der Waals surface area contributed by atoms with Crippen LogP contribution < -0.4 is 5.32 Å². The predicted molar refractivity (Wildman–Crippen MR) is 70.5 cm³/mol. The lowest BCUT2D eigenvalue weighted by molar-refractivity contribution is 0.228. The average Bonchev–Trinajstić information content (AvgIpc) is 2.22. The normalized spacial score (nSPS) is 13.0. The molecule has 0 atom stereocenters. The van der Waals surface area contributed by atoms with E-state index in [1.54, 1.807) is 0 Å². The SMILES string of the molecule is CCNCC(CC)(CC)CCCS(C)(=O)=O. The van der Waals surface area contributed by atoms with Gasteiger partial charge in [-0.2, -0.15) is 0 Å². The Kier molecular flexibility index (Phi) is 7.24. The van der Waals surface area contributed by atoms with Gasteiger partial charge in [0.2, 0.25) is 0 Å². The highest BCUT2D eigenvalue weighted by Gasteiger charge is 2.25. The lowest BCUT2D eigenvalue weighted by atomic mass is 9.78. The Labute approximate surface area is 101 Å². The second kappa shape index (κ2) is 7.28. The highest BCUT2D eigenvalue weighted by molar-refractivity contribution is 7.90. The van der Waals surface area contributed by atoms with Gasteiger partial charge < -0.3 is 5.32 Å². The van der Waals surface area contributed by atoms with Crippen molar-refractivity contribution in [3.63, 3.8) is 0 Å². The number of nitrogens with one attached hydrogen (secondary N) is 1. The third kappa shape index (κ3) is 6.48. The van der Waals surface area contributed by atoms with Gasteiger partial charge in [-0.05, 0) is 37.6 Å². The molecule has 0 aliphatic heterocycles. The maximum absolute atomic E-state index is 11.1. The highest BCUT2D eigenvalue weighted by atomic mass is 32.2. The molecule has 3 nitrogen and oxygen atoms in total. The van der Waals surface area contributed by atoms with E-state index in [0.29, 0.717) is 5.75 Å². The first-order chi connectivity index (χ1) is 7.39. The van der Waals surface area contributed by atoms with Gasteiger partial charge >= 0.3 is 0 Å². The van der Waals surface area contributed by atoms with Crippen molar-refractivity contribution in [2.75, 3.05) is 25.1 Å². The molecule has 0 rings (SSSR count). The summed E-state index contributed by atoms with van der Waals surface area (Å²) in [6, 6.07) is 0. The van der Waals surface area contributed by atoms with Crippen molar-refractivity contribution in [2.24, 2.45) is 5.41 Å². The van der Waals surface area contributed by atoms with Crippen molar-refractivity contribution in [3.8, 4) is 0 Å². The van der Waals surface area contributed by atoms with Crippen LogP contribution in [-0.2, 0) is 9.84 Å². The fourth-order valence-corrected chi connectivity index (χ4v) is 2.71. The monoisotopic (exact) mass is 249 g/mol. The van der Waals surface area contributed by atoms with E-state index in [1.807, 2.05) is 0 Å². The van der Waals surface area contributed by atoms with Gasteiger partial charge in [0.05, 0.1) is 0 Å². The maximum atomic E-state index is 11.1. The Bertz CT molecular complexity index is 269. The van der Waals surface area contributed by atoms with E-state index in [9.17, 15) is 8.42 Å². The molecule has 4 heteroatoms. The number of hydrogen-bond acceptors (Lipinski definition) is 3. The molecular weight excluding hydrogens is 222 g/mol. The summed E-state index contributed by atoms with van der Waals surface area (Å²) in [7, 11) is -2.80. The minimum atomic E-state index is -2.80. The molecule has 1 N–H and O–H groups in total. The first-order valence-corrected chi connectivity index (χ1v) is 8.33. The molecule has 0 spiro atoms. The number of sulfone groups is 1.